The summed E-state index contributed by atoms with van der Waals surface area (Å²) in [5.74, 6) is 1.10. The molecule has 0 spiro atoms. The van der Waals surface area contributed by atoms with Gasteiger partial charge in [-0.3, -0.25) is 9.69 Å². The number of nitrogens with zero attached hydrogens (tertiary/aromatic N) is 1. The van der Waals surface area contributed by atoms with Gasteiger partial charge in [0.25, 0.3) is 0 Å². The van der Waals surface area contributed by atoms with Crippen LogP contribution in [0.3, 0.4) is 0 Å². The first kappa shape index (κ1) is 17.4. The summed E-state index contributed by atoms with van der Waals surface area (Å²) in [5.41, 5.74) is 1.39. The maximum Gasteiger partial charge on any atom is 0.223 e. The predicted molar refractivity (Wildman–Crippen MR) is 95.6 cm³/mol. The number of hydrogen-bond acceptors (Lipinski definition) is 3. The number of ether oxygens (including phenoxy) is 1. The normalized spacial score (nSPS) is 23.1. The highest BCUT2D eigenvalue weighted by molar-refractivity contribution is 5.78. The van der Waals surface area contributed by atoms with Gasteiger partial charge in [0, 0.05) is 38.8 Å². The highest BCUT2D eigenvalue weighted by atomic mass is 16.5. The molecular weight excluding hydrogens is 300 g/mol. The Balaban J connectivity index is 1.37. The number of carbonyl (C=O) groups excluding carboxylic acids is 1. The van der Waals surface area contributed by atoms with E-state index in [-0.39, 0.29) is 11.8 Å². The van der Waals surface area contributed by atoms with Gasteiger partial charge in [0.2, 0.25) is 5.91 Å². The molecule has 2 heterocycles. The zero-order valence-electron chi connectivity index (χ0n) is 14.6. The van der Waals surface area contributed by atoms with Crippen molar-refractivity contribution < 1.29 is 9.53 Å². The molecule has 0 aliphatic carbocycles. The molecule has 0 aromatic heterocycles. The van der Waals surface area contributed by atoms with Gasteiger partial charge in [-0.05, 0) is 50.1 Å². The van der Waals surface area contributed by atoms with Crippen LogP contribution in [0.15, 0.2) is 30.3 Å². The number of amides is 1. The fourth-order valence-electron chi connectivity index (χ4n) is 3.88. The number of likely N-dealkylation sites (tertiary alicyclic amines) is 1. The molecule has 0 unspecified atom stereocenters. The lowest BCUT2D eigenvalue weighted by molar-refractivity contribution is -0.127. The second kappa shape index (κ2) is 9.19. The van der Waals surface area contributed by atoms with E-state index in [1.807, 2.05) is 0 Å². The lowest BCUT2D eigenvalue weighted by atomic mass is 9.94. The van der Waals surface area contributed by atoms with Crippen LogP contribution in [0.25, 0.3) is 0 Å². The Morgan fingerprint density at radius 2 is 1.96 bits per heavy atom. The summed E-state index contributed by atoms with van der Waals surface area (Å²) in [6, 6.07) is 10.7. The second-order valence-electron chi connectivity index (χ2n) is 7.20. The molecule has 1 atom stereocenters. The van der Waals surface area contributed by atoms with Crippen LogP contribution in [0.1, 0.15) is 37.7 Å². The zero-order chi connectivity index (χ0) is 16.6. The number of piperidine rings is 1. The van der Waals surface area contributed by atoms with Gasteiger partial charge in [-0.15, -0.1) is 0 Å². The van der Waals surface area contributed by atoms with Crippen LogP contribution in [0.4, 0.5) is 0 Å². The van der Waals surface area contributed by atoms with Gasteiger partial charge in [0.05, 0.1) is 0 Å². The monoisotopic (exact) mass is 330 g/mol. The van der Waals surface area contributed by atoms with Gasteiger partial charge in [-0.1, -0.05) is 30.3 Å². The number of carbonyl (C=O) groups is 1. The van der Waals surface area contributed by atoms with E-state index in [9.17, 15) is 4.79 Å². The van der Waals surface area contributed by atoms with E-state index in [1.54, 1.807) is 0 Å². The first-order valence-corrected chi connectivity index (χ1v) is 9.43. The van der Waals surface area contributed by atoms with Crippen LogP contribution >= 0.6 is 0 Å². The largest absolute Gasteiger partial charge is 0.381 e. The van der Waals surface area contributed by atoms with Gasteiger partial charge in [0.15, 0.2) is 0 Å². The third kappa shape index (κ3) is 5.32. The van der Waals surface area contributed by atoms with Gasteiger partial charge < -0.3 is 10.1 Å². The summed E-state index contributed by atoms with van der Waals surface area (Å²) in [4.78, 5) is 14.7. The molecule has 4 heteroatoms. The van der Waals surface area contributed by atoms with Crippen LogP contribution in [-0.4, -0.2) is 43.7 Å². The minimum Gasteiger partial charge on any atom is -0.381 e. The van der Waals surface area contributed by atoms with Crippen molar-refractivity contribution in [2.75, 3.05) is 32.8 Å². The van der Waals surface area contributed by atoms with Crippen molar-refractivity contribution >= 4 is 5.91 Å². The Hall–Kier alpha value is -1.39. The van der Waals surface area contributed by atoms with Gasteiger partial charge in [-0.25, -0.2) is 0 Å². The van der Waals surface area contributed by atoms with Gasteiger partial charge >= 0.3 is 0 Å². The lowest BCUT2D eigenvalue weighted by Gasteiger charge is -2.33. The number of nitrogens with one attached hydrogen (secondary N) is 1. The van der Waals surface area contributed by atoms with Crippen molar-refractivity contribution in [2.24, 2.45) is 11.8 Å². The van der Waals surface area contributed by atoms with E-state index < -0.39 is 0 Å². The quantitative estimate of drug-likeness (QED) is 0.872. The molecule has 1 N–H and O–H groups in total. The Morgan fingerprint density at radius 1 is 1.17 bits per heavy atom. The molecule has 2 aliphatic rings. The molecule has 2 saturated heterocycles. The van der Waals surface area contributed by atoms with E-state index in [0.717, 1.165) is 52.1 Å². The van der Waals surface area contributed by atoms with Crippen LogP contribution in [-0.2, 0) is 16.1 Å². The smallest absolute Gasteiger partial charge is 0.223 e. The predicted octanol–water partition coefficient (Wildman–Crippen LogP) is 2.83. The molecule has 2 aliphatic heterocycles. The lowest BCUT2D eigenvalue weighted by Crippen LogP contribution is -2.38. The summed E-state index contributed by atoms with van der Waals surface area (Å²) in [6.45, 7) is 5.68. The molecule has 24 heavy (non-hydrogen) atoms. The zero-order valence-corrected chi connectivity index (χ0v) is 14.6. The molecule has 1 aromatic rings. The van der Waals surface area contributed by atoms with Crippen LogP contribution in [0, 0.1) is 11.8 Å². The maximum absolute atomic E-state index is 12.2. The first-order chi connectivity index (χ1) is 11.8. The minimum atomic E-state index is 0.166. The third-order valence-electron chi connectivity index (χ3n) is 5.30. The molecule has 2 fully saturated rings. The molecule has 1 aromatic carbocycles. The molecule has 1 amide bonds. The van der Waals surface area contributed by atoms with E-state index in [4.69, 9.17) is 4.74 Å². The molecule has 4 nitrogen and oxygen atoms in total. The van der Waals surface area contributed by atoms with Crippen molar-refractivity contribution in [3.05, 3.63) is 35.9 Å². The van der Waals surface area contributed by atoms with Gasteiger partial charge in [-0.2, -0.15) is 0 Å². The average Bonchev–Trinajstić information content (AvgIpc) is 2.63. The SMILES string of the molecule is O=C(NCC[C@@H]1CCCN(Cc2ccccc2)C1)C1CCOCC1. The molecule has 132 valence electrons. The van der Waals surface area contributed by atoms with E-state index in [0.29, 0.717) is 5.92 Å². The summed E-state index contributed by atoms with van der Waals surface area (Å²) < 4.78 is 5.32. The molecule has 0 saturated carbocycles. The van der Waals surface area contributed by atoms with E-state index in [1.165, 1.54) is 24.9 Å². The van der Waals surface area contributed by atoms with Crippen molar-refractivity contribution in [3.63, 3.8) is 0 Å². The molecule has 0 radical (unpaired) electrons. The van der Waals surface area contributed by atoms with Crippen LogP contribution in [0.2, 0.25) is 0 Å². The summed E-state index contributed by atoms with van der Waals surface area (Å²) in [5, 5.41) is 3.15. The van der Waals surface area contributed by atoms with Gasteiger partial charge in [0.1, 0.15) is 0 Å². The van der Waals surface area contributed by atoms with Crippen LogP contribution < -0.4 is 5.32 Å². The van der Waals surface area contributed by atoms with E-state index >= 15 is 0 Å². The highest BCUT2D eigenvalue weighted by Crippen LogP contribution is 2.21. The van der Waals surface area contributed by atoms with Crippen molar-refractivity contribution in [2.45, 2.75) is 38.6 Å². The minimum absolute atomic E-state index is 0.166. The topological polar surface area (TPSA) is 41.6 Å². The van der Waals surface area contributed by atoms with Crippen molar-refractivity contribution in [3.8, 4) is 0 Å². The standard InChI is InChI=1S/C20H30N2O2/c23-20(19-9-13-24-14-10-19)21-11-8-18-7-4-12-22(16-18)15-17-5-2-1-3-6-17/h1-3,5-6,18-19H,4,7-16H2,(H,21,23)/t18-/m0/s1. The molecule has 3 rings (SSSR count). The van der Waals surface area contributed by atoms with Crippen molar-refractivity contribution in [1.82, 2.24) is 10.2 Å². The van der Waals surface area contributed by atoms with Crippen molar-refractivity contribution in [1.29, 1.82) is 0 Å². The Bertz CT molecular complexity index is 500. The first-order valence-electron chi connectivity index (χ1n) is 9.43. The van der Waals surface area contributed by atoms with E-state index in [2.05, 4.69) is 40.5 Å². The number of benzene rings is 1. The second-order valence-corrected chi connectivity index (χ2v) is 7.20. The maximum atomic E-state index is 12.2. The summed E-state index contributed by atoms with van der Waals surface area (Å²) in [7, 11) is 0. The fraction of sp³-hybridized carbons (Fsp3) is 0.650. The number of rotatable bonds is 6. The number of hydrogen-bond donors (Lipinski definition) is 1. The Labute approximate surface area is 145 Å². The Morgan fingerprint density at radius 3 is 2.75 bits per heavy atom. The molecular formula is C20H30N2O2. The Kier molecular flexibility index (Phi) is 6.67. The summed E-state index contributed by atoms with van der Waals surface area (Å²) in [6.07, 6.45) is 5.41. The fourth-order valence-corrected chi connectivity index (χ4v) is 3.88. The average molecular weight is 330 g/mol. The van der Waals surface area contributed by atoms with Crippen LogP contribution in [0.5, 0.6) is 0 Å². The third-order valence-corrected chi connectivity index (χ3v) is 5.30. The highest BCUT2D eigenvalue weighted by Gasteiger charge is 2.23. The molecule has 0 bridgehead atoms. The summed E-state index contributed by atoms with van der Waals surface area (Å²) >= 11 is 0.